The molecule has 0 amide bonds. The van der Waals surface area contributed by atoms with Crippen molar-refractivity contribution in [2.45, 2.75) is 0 Å². The van der Waals surface area contributed by atoms with Crippen LogP contribution in [0, 0.1) is 0 Å². The number of carboxylic acids is 1. The average Bonchev–Trinajstić information content (AvgIpc) is 2.12. The molecule has 2 N–H and O–H groups in total. The Bertz CT molecular complexity index is 184. The minimum absolute atomic E-state index is 0. The number of aromatic carboxylic acids is 1. The van der Waals surface area contributed by atoms with Crippen molar-refractivity contribution in [3.8, 4) is 0 Å². The Morgan fingerprint density at radius 3 is 2.67 bits per heavy atom. The fraction of sp³-hybridized carbons (Fsp3) is 0. The van der Waals surface area contributed by atoms with Crippen LogP contribution in [0.15, 0.2) is 12.4 Å². The summed E-state index contributed by atoms with van der Waals surface area (Å²) in [6.07, 6.45) is 2.85. The van der Waals surface area contributed by atoms with E-state index in [1.807, 2.05) is 0 Å². The van der Waals surface area contributed by atoms with Gasteiger partial charge in [0.2, 0.25) is 5.82 Å². The molecular formula is C4H5BrN2O2. The van der Waals surface area contributed by atoms with Crippen LogP contribution in [0.3, 0.4) is 0 Å². The van der Waals surface area contributed by atoms with Crippen LogP contribution in [0.25, 0.3) is 0 Å². The Morgan fingerprint density at radius 1 is 1.78 bits per heavy atom. The molecule has 0 saturated carbocycles. The smallest absolute Gasteiger partial charge is 0.371 e. The molecule has 0 atom stereocenters. The van der Waals surface area contributed by atoms with E-state index in [2.05, 4.69) is 9.97 Å². The summed E-state index contributed by atoms with van der Waals surface area (Å²) in [4.78, 5) is 15.9. The van der Waals surface area contributed by atoms with Gasteiger partial charge in [-0.2, -0.15) is 0 Å². The fourth-order valence-corrected chi connectivity index (χ4v) is 0.382. The Labute approximate surface area is 61.7 Å². The van der Waals surface area contributed by atoms with Crippen molar-refractivity contribution in [3.05, 3.63) is 18.2 Å². The number of carboxylic acid groups (broad SMARTS) is 1. The Morgan fingerprint density at radius 2 is 2.44 bits per heavy atom. The number of hydrogen-bond donors (Lipinski definition) is 2. The SMILES string of the molecule is Br.O=C(O)c1ncc[nH]1. The molecule has 0 bridgehead atoms. The first kappa shape index (κ1) is 8.16. The largest absolute Gasteiger partial charge is 0.475 e. The third-order valence-corrected chi connectivity index (χ3v) is 0.701. The Kier molecular flexibility index (Phi) is 2.94. The standard InChI is InChI=1S/C4H4N2O2.BrH/c7-4(8)3-5-1-2-6-3;/h1-2H,(H,5,6)(H,7,8);1H. The van der Waals surface area contributed by atoms with E-state index in [1.54, 1.807) is 0 Å². The van der Waals surface area contributed by atoms with Crippen LogP contribution in [0.1, 0.15) is 10.6 Å². The second kappa shape index (κ2) is 3.24. The lowest BCUT2D eigenvalue weighted by Crippen LogP contribution is -1.97. The average molecular weight is 193 g/mol. The van der Waals surface area contributed by atoms with E-state index in [0.29, 0.717) is 0 Å². The molecule has 4 nitrogen and oxygen atoms in total. The second-order valence-corrected chi connectivity index (χ2v) is 1.24. The predicted octanol–water partition coefficient (Wildman–Crippen LogP) is 0.686. The third-order valence-electron chi connectivity index (χ3n) is 0.701. The molecule has 9 heavy (non-hydrogen) atoms. The Balaban J connectivity index is 0.000000640. The van der Waals surface area contributed by atoms with Crippen molar-refractivity contribution in [1.82, 2.24) is 9.97 Å². The zero-order valence-corrected chi connectivity index (χ0v) is 6.08. The van der Waals surface area contributed by atoms with E-state index in [9.17, 15) is 4.79 Å². The van der Waals surface area contributed by atoms with E-state index in [0.717, 1.165) is 0 Å². The van der Waals surface area contributed by atoms with Crippen LogP contribution < -0.4 is 0 Å². The number of aromatic amines is 1. The van der Waals surface area contributed by atoms with Crippen molar-refractivity contribution >= 4 is 23.0 Å². The number of halogens is 1. The summed E-state index contributed by atoms with van der Waals surface area (Å²) in [5.74, 6) is -1.06. The molecule has 1 heterocycles. The van der Waals surface area contributed by atoms with Crippen molar-refractivity contribution in [1.29, 1.82) is 0 Å². The Hall–Kier alpha value is -0.840. The van der Waals surface area contributed by atoms with E-state index < -0.39 is 5.97 Å². The number of H-pyrrole nitrogens is 1. The first-order valence-electron chi connectivity index (χ1n) is 2.03. The van der Waals surface area contributed by atoms with Gasteiger partial charge in [-0.15, -0.1) is 17.0 Å². The van der Waals surface area contributed by atoms with Gasteiger partial charge in [0.05, 0.1) is 0 Å². The molecule has 0 aliphatic carbocycles. The summed E-state index contributed by atoms with van der Waals surface area (Å²) >= 11 is 0. The molecule has 5 heteroatoms. The van der Waals surface area contributed by atoms with Gasteiger partial charge >= 0.3 is 5.97 Å². The molecule has 0 unspecified atom stereocenters. The summed E-state index contributed by atoms with van der Waals surface area (Å²) in [6.45, 7) is 0. The predicted molar refractivity (Wildman–Crippen MR) is 35.9 cm³/mol. The maximum Gasteiger partial charge on any atom is 0.371 e. The van der Waals surface area contributed by atoms with Crippen LogP contribution in [-0.4, -0.2) is 21.0 Å². The zero-order valence-electron chi connectivity index (χ0n) is 4.37. The molecule has 1 rings (SSSR count). The number of hydrogen-bond acceptors (Lipinski definition) is 2. The topological polar surface area (TPSA) is 66.0 Å². The van der Waals surface area contributed by atoms with Crippen molar-refractivity contribution < 1.29 is 9.90 Å². The van der Waals surface area contributed by atoms with Gasteiger partial charge in [-0.05, 0) is 0 Å². The van der Waals surface area contributed by atoms with Gasteiger partial charge < -0.3 is 10.1 Å². The van der Waals surface area contributed by atoms with Gasteiger partial charge in [0.1, 0.15) is 0 Å². The lowest BCUT2D eigenvalue weighted by Gasteiger charge is -1.79. The maximum absolute atomic E-state index is 9.97. The van der Waals surface area contributed by atoms with Gasteiger partial charge in [-0.3, -0.25) is 0 Å². The summed E-state index contributed by atoms with van der Waals surface area (Å²) in [5, 5.41) is 8.18. The summed E-state index contributed by atoms with van der Waals surface area (Å²) in [6, 6.07) is 0. The molecule has 0 aliphatic heterocycles. The normalized spacial score (nSPS) is 8.00. The number of imidazole rings is 1. The first-order chi connectivity index (χ1) is 3.80. The summed E-state index contributed by atoms with van der Waals surface area (Å²) in [7, 11) is 0. The molecule has 50 valence electrons. The minimum atomic E-state index is -1.03. The molecule has 0 radical (unpaired) electrons. The number of nitrogens with zero attached hydrogens (tertiary/aromatic N) is 1. The number of carbonyl (C=O) groups is 1. The van der Waals surface area contributed by atoms with Gasteiger partial charge in [-0.1, -0.05) is 0 Å². The van der Waals surface area contributed by atoms with Crippen molar-refractivity contribution in [3.63, 3.8) is 0 Å². The summed E-state index contributed by atoms with van der Waals surface area (Å²) in [5.41, 5.74) is 0. The summed E-state index contributed by atoms with van der Waals surface area (Å²) < 4.78 is 0. The third kappa shape index (κ3) is 1.85. The highest BCUT2D eigenvalue weighted by Gasteiger charge is 2.00. The highest BCUT2D eigenvalue weighted by molar-refractivity contribution is 8.93. The quantitative estimate of drug-likeness (QED) is 0.689. The molecule has 0 spiro atoms. The second-order valence-electron chi connectivity index (χ2n) is 1.24. The number of aromatic nitrogens is 2. The monoisotopic (exact) mass is 192 g/mol. The number of rotatable bonds is 1. The highest BCUT2D eigenvalue weighted by atomic mass is 79.9. The van der Waals surface area contributed by atoms with E-state index in [-0.39, 0.29) is 22.8 Å². The van der Waals surface area contributed by atoms with Crippen molar-refractivity contribution in [2.24, 2.45) is 0 Å². The van der Waals surface area contributed by atoms with Crippen LogP contribution in [-0.2, 0) is 0 Å². The molecule has 1 aromatic heterocycles. The van der Waals surface area contributed by atoms with Gasteiger partial charge in [0.25, 0.3) is 0 Å². The van der Waals surface area contributed by atoms with E-state index >= 15 is 0 Å². The number of nitrogens with one attached hydrogen (secondary N) is 1. The lowest BCUT2D eigenvalue weighted by molar-refractivity contribution is 0.0685. The highest BCUT2D eigenvalue weighted by Crippen LogP contribution is 1.84. The maximum atomic E-state index is 9.97. The molecule has 0 fully saturated rings. The van der Waals surface area contributed by atoms with E-state index in [4.69, 9.17) is 5.11 Å². The minimum Gasteiger partial charge on any atom is -0.475 e. The molecule has 0 saturated heterocycles. The molecule has 1 aromatic rings. The van der Waals surface area contributed by atoms with E-state index in [1.165, 1.54) is 12.4 Å². The van der Waals surface area contributed by atoms with Crippen LogP contribution >= 0.6 is 17.0 Å². The van der Waals surface area contributed by atoms with Gasteiger partial charge in [0.15, 0.2) is 0 Å². The molecule has 0 aliphatic rings. The fourth-order valence-electron chi connectivity index (χ4n) is 0.382. The van der Waals surface area contributed by atoms with Gasteiger partial charge in [-0.25, -0.2) is 9.78 Å². The molecular weight excluding hydrogens is 188 g/mol. The van der Waals surface area contributed by atoms with Gasteiger partial charge in [0, 0.05) is 12.4 Å². The van der Waals surface area contributed by atoms with Crippen LogP contribution in [0.4, 0.5) is 0 Å². The first-order valence-corrected chi connectivity index (χ1v) is 2.03. The van der Waals surface area contributed by atoms with Crippen molar-refractivity contribution in [2.75, 3.05) is 0 Å². The van der Waals surface area contributed by atoms with Crippen LogP contribution in [0.2, 0.25) is 0 Å². The lowest BCUT2D eigenvalue weighted by atomic mass is 10.7. The molecule has 0 aromatic carbocycles. The zero-order chi connectivity index (χ0) is 5.98. The van der Waals surface area contributed by atoms with Crippen LogP contribution in [0.5, 0.6) is 0 Å².